The minimum atomic E-state index is -1.11. The summed E-state index contributed by atoms with van der Waals surface area (Å²) in [4.78, 5) is 27.7. The SMILES string of the molecule is COCCN(CC(=O)O)C(=O)c1ccc(C#N)cn1. The summed E-state index contributed by atoms with van der Waals surface area (Å²) in [6, 6.07) is 4.73. The van der Waals surface area contributed by atoms with Crippen molar-refractivity contribution < 1.29 is 19.4 Å². The van der Waals surface area contributed by atoms with Crippen LogP contribution in [0.1, 0.15) is 16.1 Å². The predicted molar refractivity (Wildman–Crippen MR) is 64.4 cm³/mol. The molecule has 7 nitrogen and oxygen atoms in total. The van der Waals surface area contributed by atoms with Gasteiger partial charge in [-0.1, -0.05) is 0 Å². The summed E-state index contributed by atoms with van der Waals surface area (Å²) >= 11 is 0. The smallest absolute Gasteiger partial charge is 0.323 e. The summed E-state index contributed by atoms with van der Waals surface area (Å²) in [6.07, 6.45) is 1.27. The Labute approximate surface area is 110 Å². The quantitative estimate of drug-likeness (QED) is 0.782. The van der Waals surface area contributed by atoms with Crippen molar-refractivity contribution in [2.75, 3.05) is 26.8 Å². The van der Waals surface area contributed by atoms with Crippen molar-refractivity contribution in [2.24, 2.45) is 0 Å². The molecule has 0 fully saturated rings. The van der Waals surface area contributed by atoms with Crippen LogP contribution >= 0.6 is 0 Å². The summed E-state index contributed by atoms with van der Waals surface area (Å²) in [6.45, 7) is -0.0392. The van der Waals surface area contributed by atoms with E-state index in [0.717, 1.165) is 4.90 Å². The van der Waals surface area contributed by atoms with Crippen molar-refractivity contribution in [3.8, 4) is 6.07 Å². The van der Waals surface area contributed by atoms with Gasteiger partial charge in [0.1, 0.15) is 18.3 Å². The number of amides is 1. The highest BCUT2D eigenvalue weighted by Crippen LogP contribution is 2.04. The van der Waals surface area contributed by atoms with Gasteiger partial charge in [0.15, 0.2) is 0 Å². The topological polar surface area (TPSA) is 104 Å². The number of carboxylic acid groups (broad SMARTS) is 1. The number of hydrogen-bond acceptors (Lipinski definition) is 5. The third-order valence-electron chi connectivity index (χ3n) is 2.29. The van der Waals surface area contributed by atoms with Gasteiger partial charge >= 0.3 is 5.97 Å². The Balaban J connectivity index is 2.84. The third-order valence-corrected chi connectivity index (χ3v) is 2.29. The van der Waals surface area contributed by atoms with E-state index in [1.54, 1.807) is 0 Å². The number of hydrogen-bond donors (Lipinski definition) is 1. The molecular formula is C12H13N3O4. The molecule has 0 saturated carbocycles. The van der Waals surface area contributed by atoms with E-state index in [4.69, 9.17) is 15.1 Å². The molecule has 1 heterocycles. The molecule has 0 atom stereocenters. The molecule has 0 radical (unpaired) electrons. The Morgan fingerprint density at radius 3 is 2.74 bits per heavy atom. The van der Waals surface area contributed by atoms with Crippen molar-refractivity contribution in [3.63, 3.8) is 0 Å². The van der Waals surface area contributed by atoms with Crippen molar-refractivity contribution in [1.82, 2.24) is 9.88 Å². The van der Waals surface area contributed by atoms with E-state index in [1.165, 1.54) is 25.4 Å². The number of rotatable bonds is 6. The van der Waals surface area contributed by atoms with Gasteiger partial charge in [-0.2, -0.15) is 5.26 Å². The molecule has 100 valence electrons. The Bertz CT molecular complexity index is 493. The molecule has 0 aromatic carbocycles. The van der Waals surface area contributed by atoms with Gasteiger partial charge in [-0.3, -0.25) is 9.59 Å². The molecule has 0 spiro atoms. The molecule has 7 heteroatoms. The second-order valence-corrected chi connectivity index (χ2v) is 3.66. The van der Waals surface area contributed by atoms with E-state index in [-0.39, 0.29) is 18.8 Å². The number of methoxy groups -OCH3 is 1. The number of ether oxygens (including phenoxy) is 1. The predicted octanol–water partition coefficient (Wildman–Crippen LogP) is 0.126. The molecule has 1 rings (SSSR count). The lowest BCUT2D eigenvalue weighted by Crippen LogP contribution is -2.38. The normalized spacial score (nSPS) is 9.68. The first-order valence-corrected chi connectivity index (χ1v) is 5.44. The molecule has 19 heavy (non-hydrogen) atoms. The molecule has 0 aliphatic heterocycles. The van der Waals surface area contributed by atoms with Gasteiger partial charge in [0, 0.05) is 19.9 Å². The number of carboxylic acids is 1. The molecule has 0 saturated heterocycles. The third kappa shape index (κ3) is 4.37. The standard InChI is InChI=1S/C12H13N3O4/c1-19-5-4-15(8-11(16)17)12(18)10-3-2-9(6-13)7-14-10/h2-3,7H,4-5,8H2,1H3,(H,16,17). The van der Waals surface area contributed by atoms with E-state index in [0.29, 0.717) is 5.56 Å². The van der Waals surface area contributed by atoms with Gasteiger partial charge in [0.25, 0.3) is 5.91 Å². The Kier molecular flexibility index (Phi) is 5.44. The summed E-state index contributed by atoms with van der Waals surface area (Å²) in [5.74, 6) is -1.62. The van der Waals surface area contributed by atoms with E-state index < -0.39 is 18.4 Å². The number of nitriles is 1. The van der Waals surface area contributed by atoms with E-state index in [9.17, 15) is 9.59 Å². The van der Waals surface area contributed by atoms with E-state index in [1.807, 2.05) is 6.07 Å². The maximum absolute atomic E-state index is 12.0. The monoisotopic (exact) mass is 263 g/mol. The fraction of sp³-hybridized carbons (Fsp3) is 0.333. The van der Waals surface area contributed by atoms with Crippen LogP contribution in [-0.4, -0.2) is 53.7 Å². The van der Waals surface area contributed by atoms with Gasteiger partial charge < -0.3 is 14.7 Å². The molecule has 0 aliphatic carbocycles. The molecule has 1 amide bonds. The lowest BCUT2D eigenvalue weighted by atomic mass is 10.2. The second kappa shape index (κ2) is 7.08. The van der Waals surface area contributed by atoms with Crippen molar-refractivity contribution >= 4 is 11.9 Å². The van der Waals surface area contributed by atoms with Crippen LogP contribution in [-0.2, 0) is 9.53 Å². The van der Waals surface area contributed by atoms with Crippen LogP contribution in [0.3, 0.4) is 0 Å². The molecule has 1 N–H and O–H groups in total. The zero-order valence-electron chi connectivity index (χ0n) is 10.4. The lowest BCUT2D eigenvalue weighted by molar-refractivity contribution is -0.137. The van der Waals surface area contributed by atoms with Crippen LogP contribution in [0.4, 0.5) is 0 Å². The number of nitrogens with zero attached hydrogens (tertiary/aromatic N) is 3. The highest BCUT2D eigenvalue weighted by molar-refractivity contribution is 5.94. The van der Waals surface area contributed by atoms with Gasteiger partial charge in [0.2, 0.25) is 0 Å². The van der Waals surface area contributed by atoms with Crippen LogP contribution in [0, 0.1) is 11.3 Å². The summed E-state index contributed by atoms with van der Waals surface area (Å²) in [5, 5.41) is 17.4. The van der Waals surface area contributed by atoms with Gasteiger partial charge in [-0.05, 0) is 12.1 Å². The number of carbonyl (C=O) groups excluding carboxylic acids is 1. The molecule has 0 unspecified atom stereocenters. The molecular weight excluding hydrogens is 250 g/mol. The maximum atomic E-state index is 12.0. The first-order valence-electron chi connectivity index (χ1n) is 5.44. The van der Waals surface area contributed by atoms with Crippen LogP contribution in [0.5, 0.6) is 0 Å². The van der Waals surface area contributed by atoms with E-state index in [2.05, 4.69) is 4.98 Å². The largest absolute Gasteiger partial charge is 0.480 e. The van der Waals surface area contributed by atoms with Crippen LogP contribution < -0.4 is 0 Å². The Hall–Kier alpha value is -2.46. The zero-order chi connectivity index (χ0) is 14.3. The average Bonchev–Trinajstić information content (AvgIpc) is 2.42. The second-order valence-electron chi connectivity index (χ2n) is 3.66. The van der Waals surface area contributed by atoms with Crippen molar-refractivity contribution in [3.05, 3.63) is 29.6 Å². The van der Waals surface area contributed by atoms with Crippen molar-refractivity contribution in [2.45, 2.75) is 0 Å². The lowest BCUT2D eigenvalue weighted by Gasteiger charge is -2.19. The van der Waals surface area contributed by atoms with Crippen molar-refractivity contribution in [1.29, 1.82) is 5.26 Å². The highest BCUT2D eigenvalue weighted by Gasteiger charge is 2.19. The number of carbonyl (C=O) groups is 2. The number of aliphatic carboxylic acids is 1. The van der Waals surface area contributed by atoms with Crippen LogP contribution in [0.25, 0.3) is 0 Å². The number of aromatic nitrogens is 1. The molecule has 1 aromatic heterocycles. The van der Waals surface area contributed by atoms with Crippen LogP contribution in [0.15, 0.2) is 18.3 Å². The minimum Gasteiger partial charge on any atom is -0.480 e. The average molecular weight is 263 g/mol. The first kappa shape index (κ1) is 14.6. The van der Waals surface area contributed by atoms with Gasteiger partial charge in [-0.15, -0.1) is 0 Å². The minimum absolute atomic E-state index is 0.0938. The maximum Gasteiger partial charge on any atom is 0.323 e. The van der Waals surface area contributed by atoms with Gasteiger partial charge in [0.05, 0.1) is 12.2 Å². The Morgan fingerprint density at radius 2 is 2.26 bits per heavy atom. The van der Waals surface area contributed by atoms with Gasteiger partial charge in [-0.25, -0.2) is 4.98 Å². The summed E-state index contributed by atoms with van der Waals surface area (Å²) < 4.78 is 4.83. The Morgan fingerprint density at radius 1 is 1.53 bits per heavy atom. The van der Waals surface area contributed by atoms with E-state index >= 15 is 0 Å². The number of pyridine rings is 1. The zero-order valence-corrected chi connectivity index (χ0v) is 10.4. The molecule has 0 bridgehead atoms. The summed E-state index contributed by atoms with van der Waals surface area (Å²) in [7, 11) is 1.46. The van der Waals surface area contributed by atoms with Crippen LogP contribution in [0.2, 0.25) is 0 Å². The summed E-state index contributed by atoms with van der Waals surface area (Å²) in [5.41, 5.74) is 0.426. The first-order chi connectivity index (χ1) is 9.08. The highest BCUT2D eigenvalue weighted by atomic mass is 16.5. The fourth-order valence-corrected chi connectivity index (χ4v) is 1.37. The molecule has 1 aromatic rings. The molecule has 0 aliphatic rings. The fourth-order valence-electron chi connectivity index (χ4n) is 1.37.